The molecule has 0 amide bonds. The van der Waals surface area contributed by atoms with E-state index in [4.69, 9.17) is 5.73 Å². The van der Waals surface area contributed by atoms with Gasteiger partial charge in [-0.15, -0.1) is 0 Å². The molecule has 1 aromatic rings. The van der Waals surface area contributed by atoms with Gasteiger partial charge in [0, 0.05) is 20.3 Å². The number of aromatic nitrogens is 2. The van der Waals surface area contributed by atoms with Gasteiger partial charge in [0.2, 0.25) is 0 Å². The molecule has 0 atom stereocenters. The summed E-state index contributed by atoms with van der Waals surface area (Å²) in [5, 5.41) is 0.00641. The molecule has 0 spiro atoms. The molecular formula is C15H32N4O2SSi. The fourth-order valence-electron chi connectivity index (χ4n) is 2.16. The van der Waals surface area contributed by atoms with Crippen LogP contribution in [0.5, 0.6) is 0 Å². The molecule has 0 aliphatic rings. The van der Waals surface area contributed by atoms with Crippen molar-refractivity contribution in [2.24, 2.45) is 5.73 Å². The first-order chi connectivity index (χ1) is 10.4. The average Bonchev–Trinajstić information content (AvgIpc) is 2.82. The van der Waals surface area contributed by atoms with Crippen molar-refractivity contribution in [1.82, 2.24) is 13.3 Å². The smallest absolute Gasteiger partial charge is 0.308 e. The highest BCUT2D eigenvalue weighted by Gasteiger charge is 2.43. The summed E-state index contributed by atoms with van der Waals surface area (Å²) in [4.78, 5) is 4.57. The molecule has 1 aromatic heterocycles. The summed E-state index contributed by atoms with van der Waals surface area (Å²) in [6, 6.07) is 0. The van der Waals surface area contributed by atoms with E-state index < -0.39 is 18.3 Å². The van der Waals surface area contributed by atoms with E-state index in [1.165, 1.54) is 8.28 Å². The van der Waals surface area contributed by atoms with Gasteiger partial charge in [0.1, 0.15) is 13.5 Å². The van der Waals surface area contributed by atoms with Crippen LogP contribution in [0, 0.1) is 0 Å². The van der Waals surface area contributed by atoms with Crippen LogP contribution in [0.2, 0.25) is 18.1 Å². The Balaban J connectivity index is 3.50. The summed E-state index contributed by atoms with van der Waals surface area (Å²) in [6.07, 6.45) is 4.14. The number of unbranched alkanes of at least 4 members (excludes halogenated alkanes) is 1. The van der Waals surface area contributed by atoms with Crippen LogP contribution in [0.25, 0.3) is 0 Å². The third kappa shape index (κ3) is 4.04. The molecule has 0 radical (unpaired) electrons. The van der Waals surface area contributed by atoms with Crippen molar-refractivity contribution in [3.8, 4) is 0 Å². The van der Waals surface area contributed by atoms with Crippen LogP contribution in [0.15, 0.2) is 6.20 Å². The van der Waals surface area contributed by atoms with Gasteiger partial charge in [0.05, 0.1) is 5.69 Å². The van der Waals surface area contributed by atoms with Crippen LogP contribution in [0.1, 0.15) is 39.3 Å². The monoisotopic (exact) mass is 360 g/mol. The molecule has 0 unspecified atom stereocenters. The molecule has 0 aliphatic carbocycles. The summed E-state index contributed by atoms with van der Waals surface area (Å²) in [6.45, 7) is 11.5. The Labute approximate surface area is 142 Å². The lowest BCUT2D eigenvalue weighted by Crippen LogP contribution is -2.56. The predicted octanol–water partition coefficient (Wildman–Crippen LogP) is 1.53. The Hall–Kier alpha value is -0.703. The molecular weight excluding hydrogens is 328 g/mol. The van der Waals surface area contributed by atoms with Gasteiger partial charge in [-0.05, 0) is 30.8 Å². The SMILES string of the molecule is CN(C)S(=O)(=O)n1c(CCCCN)cnc1[Si](C)(C)C(C)(C)C. The Bertz CT molecular complexity index is 630. The van der Waals surface area contributed by atoms with Gasteiger partial charge in [0.15, 0.2) is 0 Å². The minimum absolute atomic E-state index is 0.00641. The number of aryl methyl sites for hydroxylation is 1. The summed E-state index contributed by atoms with van der Waals surface area (Å²) < 4.78 is 28.5. The van der Waals surface area contributed by atoms with E-state index in [1.54, 1.807) is 20.3 Å². The number of nitrogens with zero attached hydrogens (tertiary/aromatic N) is 3. The molecule has 23 heavy (non-hydrogen) atoms. The lowest BCUT2D eigenvalue weighted by atomic mass is 10.2. The van der Waals surface area contributed by atoms with E-state index in [0.29, 0.717) is 13.0 Å². The van der Waals surface area contributed by atoms with Gasteiger partial charge >= 0.3 is 10.2 Å². The molecule has 0 saturated heterocycles. The van der Waals surface area contributed by atoms with Gasteiger partial charge in [0.25, 0.3) is 0 Å². The average molecular weight is 361 g/mol. The number of rotatable bonds is 7. The van der Waals surface area contributed by atoms with E-state index >= 15 is 0 Å². The Morgan fingerprint density at radius 2 is 1.83 bits per heavy atom. The number of nitrogens with two attached hydrogens (primary N) is 1. The van der Waals surface area contributed by atoms with E-state index in [9.17, 15) is 8.42 Å². The van der Waals surface area contributed by atoms with Crippen LogP contribution in [0.3, 0.4) is 0 Å². The second-order valence-electron chi connectivity index (χ2n) is 7.75. The highest BCUT2D eigenvalue weighted by molar-refractivity contribution is 7.87. The van der Waals surface area contributed by atoms with Crippen LogP contribution < -0.4 is 11.2 Å². The lowest BCUT2D eigenvalue weighted by Gasteiger charge is -2.36. The molecule has 1 heterocycles. The van der Waals surface area contributed by atoms with Crippen molar-refractivity contribution in [3.05, 3.63) is 11.9 Å². The molecule has 2 N–H and O–H groups in total. The van der Waals surface area contributed by atoms with E-state index in [1.807, 2.05) is 0 Å². The van der Waals surface area contributed by atoms with Gasteiger partial charge in [-0.25, -0.2) is 8.96 Å². The van der Waals surface area contributed by atoms with Crippen LogP contribution >= 0.6 is 0 Å². The molecule has 0 saturated carbocycles. The minimum Gasteiger partial charge on any atom is -0.330 e. The van der Waals surface area contributed by atoms with Gasteiger partial charge in [-0.3, -0.25) is 0 Å². The lowest BCUT2D eigenvalue weighted by molar-refractivity contribution is 0.509. The Morgan fingerprint density at radius 1 is 1.26 bits per heavy atom. The first-order valence-corrected chi connectivity index (χ1v) is 12.5. The third-order valence-electron chi connectivity index (χ3n) is 4.80. The van der Waals surface area contributed by atoms with E-state index in [2.05, 4.69) is 38.8 Å². The van der Waals surface area contributed by atoms with Crippen LogP contribution in [-0.2, 0) is 16.6 Å². The molecule has 0 bridgehead atoms. The largest absolute Gasteiger partial charge is 0.330 e. The number of imidazole rings is 1. The second-order valence-corrected chi connectivity index (χ2v) is 14.9. The zero-order valence-electron chi connectivity index (χ0n) is 15.5. The molecule has 6 nitrogen and oxygen atoms in total. The number of hydrogen-bond donors (Lipinski definition) is 1. The van der Waals surface area contributed by atoms with E-state index in [0.717, 1.165) is 24.0 Å². The summed E-state index contributed by atoms with van der Waals surface area (Å²) in [7, 11) is -2.54. The minimum atomic E-state index is -3.58. The van der Waals surface area contributed by atoms with Gasteiger partial charge < -0.3 is 5.73 Å². The fraction of sp³-hybridized carbons (Fsp3) is 0.800. The first kappa shape index (κ1) is 20.3. The van der Waals surface area contributed by atoms with Crippen molar-refractivity contribution in [2.75, 3.05) is 20.6 Å². The van der Waals surface area contributed by atoms with Crippen molar-refractivity contribution in [2.45, 2.75) is 58.2 Å². The van der Waals surface area contributed by atoms with Crippen LogP contribution in [0.4, 0.5) is 0 Å². The first-order valence-electron chi connectivity index (χ1n) is 8.07. The zero-order chi connectivity index (χ0) is 18.1. The molecule has 0 fully saturated rings. The maximum atomic E-state index is 12.9. The quantitative estimate of drug-likeness (QED) is 0.591. The summed E-state index contributed by atoms with van der Waals surface area (Å²) >= 11 is 0. The molecule has 0 aromatic carbocycles. The Morgan fingerprint density at radius 3 is 2.26 bits per heavy atom. The van der Waals surface area contributed by atoms with Gasteiger partial charge in [-0.1, -0.05) is 33.9 Å². The standard InChI is InChI=1S/C15H32N4O2SSi/c1-15(2,3)23(6,7)14-17-12-13(10-8-9-11-16)19(14)22(20,21)18(4)5/h12H,8-11,16H2,1-7H3. The van der Waals surface area contributed by atoms with Crippen molar-refractivity contribution in [3.63, 3.8) is 0 Å². The highest BCUT2D eigenvalue weighted by atomic mass is 32.2. The molecule has 134 valence electrons. The maximum Gasteiger partial charge on any atom is 0.308 e. The van der Waals surface area contributed by atoms with Gasteiger partial charge in [-0.2, -0.15) is 12.7 Å². The van der Waals surface area contributed by atoms with Crippen LogP contribution in [-0.4, -0.2) is 50.4 Å². The topological polar surface area (TPSA) is 81.2 Å². The normalized spacial score (nSPS) is 13.8. The third-order valence-corrected chi connectivity index (χ3v) is 12.0. The second kappa shape index (κ2) is 7.04. The summed E-state index contributed by atoms with van der Waals surface area (Å²) in [5.41, 5.74) is 7.03. The van der Waals surface area contributed by atoms with Crippen molar-refractivity contribution in [1.29, 1.82) is 0 Å². The number of hydrogen-bond acceptors (Lipinski definition) is 4. The zero-order valence-corrected chi connectivity index (χ0v) is 17.4. The van der Waals surface area contributed by atoms with Crippen molar-refractivity contribution >= 4 is 23.7 Å². The van der Waals surface area contributed by atoms with Crippen molar-refractivity contribution < 1.29 is 8.42 Å². The molecule has 8 heteroatoms. The fourth-order valence-corrected chi connectivity index (χ4v) is 5.93. The molecule has 0 aliphatic heterocycles. The van der Waals surface area contributed by atoms with E-state index in [-0.39, 0.29) is 5.04 Å². The Kier molecular flexibility index (Phi) is 6.23. The summed E-state index contributed by atoms with van der Waals surface area (Å²) in [5.74, 6) is 0. The predicted molar refractivity (Wildman–Crippen MR) is 99.1 cm³/mol. The maximum absolute atomic E-state index is 12.9. The highest BCUT2D eigenvalue weighted by Crippen LogP contribution is 2.35. The molecule has 1 rings (SSSR count).